The topological polar surface area (TPSA) is 78.0 Å². The molecule has 0 unspecified atom stereocenters. The van der Waals surface area contributed by atoms with E-state index in [0.717, 1.165) is 25.0 Å². The van der Waals surface area contributed by atoms with Crippen molar-refractivity contribution in [2.75, 3.05) is 11.5 Å². The summed E-state index contributed by atoms with van der Waals surface area (Å²) in [5.41, 5.74) is 7.07. The van der Waals surface area contributed by atoms with Crippen LogP contribution in [0.4, 0.5) is 0 Å². The lowest BCUT2D eigenvalue weighted by Gasteiger charge is -2.28. The van der Waals surface area contributed by atoms with Crippen molar-refractivity contribution in [3.8, 4) is 0 Å². The molecule has 0 amide bonds. The van der Waals surface area contributed by atoms with Crippen LogP contribution < -0.4 is 5.73 Å². The maximum absolute atomic E-state index is 11.1. The van der Waals surface area contributed by atoms with Gasteiger partial charge in [-0.2, -0.15) is 5.10 Å². The molecule has 0 spiro atoms. The average Bonchev–Trinajstić information content (AvgIpc) is 2.72. The van der Waals surface area contributed by atoms with Crippen LogP contribution in [0.3, 0.4) is 0 Å². The van der Waals surface area contributed by atoms with E-state index in [1.165, 1.54) is 0 Å². The molecule has 1 aromatic heterocycles. The lowest BCUT2D eigenvalue weighted by atomic mass is 10.1. The molecule has 16 heavy (non-hydrogen) atoms. The van der Waals surface area contributed by atoms with Gasteiger partial charge < -0.3 is 5.73 Å². The zero-order valence-corrected chi connectivity index (χ0v) is 9.78. The van der Waals surface area contributed by atoms with Crippen LogP contribution in [0.5, 0.6) is 0 Å². The van der Waals surface area contributed by atoms with Crippen LogP contribution in [0, 0.1) is 0 Å². The molecule has 5 nitrogen and oxygen atoms in total. The highest BCUT2D eigenvalue weighted by Gasteiger charge is 2.41. The van der Waals surface area contributed by atoms with E-state index in [1.807, 2.05) is 10.7 Å². The van der Waals surface area contributed by atoms with Crippen molar-refractivity contribution < 1.29 is 8.42 Å². The second-order valence-electron chi connectivity index (χ2n) is 5.04. The summed E-state index contributed by atoms with van der Waals surface area (Å²) >= 11 is 0. The molecule has 2 heterocycles. The summed E-state index contributed by atoms with van der Waals surface area (Å²) in [5.74, 6) is 0.443. The van der Waals surface area contributed by atoms with E-state index >= 15 is 0 Å². The maximum atomic E-state index is 11.1. The van der Waals surface area contributed by atoms with Crippen molar-refractivity contribution in [2.45, 2.75) is 30.8 Å². The smallest absolute Gasteiger partial charge is 0.154 e. The van der Waals surface area contributed by atoms with E-state index < -0.39 is 9.84 Å². The van der Waals surface area contributed by atoms with Crippen molar-refractivity contribution in [1.29, 1.82) is 0 Å². The van der Waals surface area contributed by atoms with E-state index in [-0.39, 0.29) is 23.1 Å². The van der Waals surface area contributed by atoms with E-state index in [0.29, 0.717) is 0 Å². The number of aromatic nitrogens is 2. The van der Waals surface area contributed by atoms with Gasteiger partial charge in [0.15, 0.2) is 9.84 Å². The first-order chi connectivity index (χ1) is 7.48. The second kappa shape index (κ2) is 3.07. The Bertz CT molecular complexity index is 504. The molecule has 0 atom stereocenters. The van der Waals surface area contributed by atoms with Gasteiger partial charge in [-0.15, -0.1) is 0 Å². The second-order valence-corrected chi connectivity index (χ2v) is 7.19. The summed E-state index contributed by atoms with van der Waals surface area (Å²) < 4.78 is 24.1. The average molecular weight is 241 g/mol. The molecule has 1 saturated heterocycles. The Morgan fingerprint density at radius 2 is 2.19 bits per heavy atom. The van der Waals surface area contributed by atoms with E-state index in [1.54, 1.807) is 6.20 Å². The Kier molecular flexibility index (Phi) is 1.98. The van der Waals surface area contributed by atoms with Crippen LogP contribution in [0.2, 0.25) is 0 Å². The molecule has 6 heteroatoms. The molecule has 1 saturated carbocycles. The van der Waals surface area contributed by atoms with Gasteiger partial charge in [0.1, 0.15) is 0 Å². The fourth-order valence-corrected chi connectivity index (χ4v) is 3.54. The van der Waals surface area contributed by atoms with Gasteiger partial charge in [-0.25, -0.2) is 8.42 Å². The number of nitrogens with zero attached hydrogens (tertiary/aromatic N) is 2. The number of sulfone groups is 1. The Balaban J connectivity index is 1.78. The van der Waals surface area contributed by atoms with Gasteiger partial charge >= 0.3 is 0 Å². The molecule has 0 radical (unpaired) electrons. The van der Waals surface area contributed by atoms with Gasteiger partial charge in [-0.05, 0) is 18.9 Å². The van der Waals surface area contributed by atoms with Crippen molar-refractivity contribution >= 4 is 9.84 Å². The van der Waals surface area contributed by atoms with Crippen LogP contribution >= 0.6 is 0 Å². The van der Waals surface area contributed by atoms with Crippen LogP contribution in [0.15, 0.2) is 12.3 Å². The molecule has 1 aliphatic carbocycles. The minimum absolute atomic E-state index is 0.0253. The molecule has 2 N–H and O–H groups in total. The third kappa shape index (κ3) is 1.76. The van der Waals surface area contributed by atoms with Crippen LogP contribution in [0.1, 0.15) is 24.6 Å². The molecular formula is C10H15N3O2S. The fraction of sp³-hybridized carbons (Fsp3) is 0.700. The predicted octanol–water partition coefficient (Wildman–Crippen LogP) is -0.114. The molecule has 0 aromatic carbocycles. The third-order valence-electron chi connectivity index (χ3n) is 3.42. The summed E-state index contributed by atoms with van der Waals surface area (Å²) in [6.45, 7) is 0. The SMILES string of the molecule is NC1(Cc2ccnn2C2CS(=O)(=O)C2)CC1. The lowest BCUT2D eigenvalue weighted by molar-refractivity contribution is 0.452. The van der Waals surface area contributed by atoms with Gasteiger partial charge in [-0.1, -0.05) is 0 Å². The summed E-state index contributed by atoms with van der Waals surface area (Å²) in [4.78, 5) is 0. The predicted molar refractivity (Wildman–Crippen MR) is 59.8 cm³/mol. The zero-order chi connectivity index (χ0) is 11.4. The van der Waals surface area contributed by atoms with Crippen LogP contribution in [-0.4, -0.2) is 35.2 Å². The number of nitrogens with two attached hydrogens (primary N) is 1. The summed E-state index contributed by atoms with van der Waals surface area (Å²) in [7, 11) is -2.79. The number of hydrogen-bond donors (Lipinski definition) is 1. The van der Waals surface area contributed by atoms with Crippen molar-refractivity contribution in [3.63, 3.8) is 0 Å². The molecule has 1 aromatic rings. The Labute approximate surface area is 94.5 Å². The first-order valence-corrected chi connectivity index (χ1v) is 7.31. The first-order valence-electron chi connectivity index (χ1n) is 5.49. The quantitative estimate of drug-likeness (QED) is 0.800. The summed E-state index contributed by atoms with van der Waals surface area (Å²) in [6.07, 6.45) is 4.65. The monoisotopic (exact) mass is 241 g/mol. The van der Waals surface area contributed by atoms with Gasteiger partial charge in [0.25, 0.3) is 0 Å². The normalized spacial score (nSPS) is 26.3. The van der Waals surface area contributed by atoms with Gasteiger partial charge in [0, 0.05) is 23.9 Å². The first kappa shape index (κ1) is 10.3. The highest BCUT2D eigenvalue weighted by atomic mass is 32.2. The minimum Gasteiger partial charge on any atom is -0.325 e. The van der Waals surface area contributed by atoms with Gasteiger partial charge in [-0.3, -0.25) is 4.68 Å². The Morgan fingerprint density at radius 1 is 1.50 bits per heavy atom. The van der Waals surface area contributed by atoms with Crippen molar-refractivity contribution in [3.05, 3.63) is 18.0 Å². The Hall–Kier alpha value is -0.880. The third-order valence-corrected chi connectivity index (χ3v) is 5.20. The molecule has 1 aliphatic heterocycles. The van der Waals surface area contributed by atoms with Crippen molar-refractivity contribution in [1.82, 2.24) is 9.78 Å². The van der Waals surface area contributed by atoms with E-state index in [9.17, 15) is 8.42 Å². The van der Waals surface area contributed by atoms with Gasteiger partial charge in [0.05, 0.1) is 17.5 Å². The molecule has 2 aliphatic rings. The van der Waals surface area contributed by atoms with E-state index in [2.05, 4.69) is 5.10 Å². The standard InChI is InChI=1S/C10H15N3O2S/c11-10(2-3-10)5-8-1-4-12-13(8)9-6-16(14,15)7-9/h1,4,9H,2-3,5-7,11H2. The largest absolute Gasteiger partial charge is 0.325 e. The van der Waals surface area contributed by atoms with Crippen LogP contribution in [0.25, 0.3) is 0 Å². The van der Waals surface area contributed by atoms with Crippen molar-refractivity contribution in [2.24, 2.45) is 5.73 Å². The highest BCUT2D eigenvalue weighted by molar-refractivity contribution is 7.92. The van der Waals surface area contributed by atoms with E-state index in [4.69, 9.17) is 5.73 Å². The maximum Gasteiger partial charge on any atom is 0.154 e. The Morgan fingerprint density at radius 3 is 2.75 bits per heavy atom. The minimum atomic E-state index is -2.79. The molecule has 88 valence electrons. The fourth-order valence-electron chi connectivity index (χ4n) is 2.19. The highest BCUT2D eigenvalue weighted by Crippen LogP contribution is 2.36. The molecule has 0 bridgehead atoms. The summed E-state index contributed by atoms with van der Waals surface area (Å²) in [5, 5.41) is 4.21. The summed E-state index contributed by atoms with van der Waals surface area (Å²) in [6, 6.07) is 1.97. The van der Waals surface area contributed by atoms with Crippen LogP contribution in [-0.2, 0) is 16.3 Å². The molecular weight excluding hydrogens is 226 g/mol. The number of rotatable bonds is 3. The molecule has 3 rings (SSSR count). The zero-order valence-electron chi connectivity index (χ0n) is 8.96. The lowest BCUT2D eigenvalue weighted by Crippen LogP contribution is -2.40. The molecule has 2 fully saturated rings. The van der Waals surface area contributed by atoms with Gasteiger partial charge in [0.2, 0.25) is 0 Å². The number of hydrogen-bond acceptors (Lipinski definition) is 4.